The second kappa shape index (κ2) is 11.9. The third-order valence-corrected chi connectivity index (χ3v) is 8.53. The van der Waals surface area contributed by atoms with Gasteiger partial charge in [-0.2, -0.15) is 0 Å². The topological polar surface area (TPSA) is 58.2 Å². The molecular weight excluding hydrogens is 396 g/mol. The van der Waals surface area contributed by atoms with Crippen LogP contribution in [0.2, 0.25) is 0 Å². The lowest BCUT2D eigenvalue weighted by Gasteiger charge is -2.47. The SMILES string of the molecule is CC1(C)C[C@@H](NC(=O)CCC2CCCCC2)C[C@@](C)(CNC(=O)CCC2CCCCC2)C1. The molecule has 4 heteroatoms. The van der Waals surface area contributed by atoms with Crippen LogP contribution in [0.25, 0.3) is 0 Å². The van der Waals surface area contributed by atoms with E-state index >= 15 is 0 Å². The molecule has 4 nitrogen and oxygen atoms in total. The molecule has 0 aromatic heterocycles. The Morgan fingerprint density at radius 3 is 1.84 bits per heavy atom. The first-order valence-corrected chi connectivity index (χ1v) is 13.8. The van der Waals surface area contributed by atoms with Gasteiger partial charge < -0.3 is 10.6 Å². The zero-order chi connectivity index (χ0) is 23.0. The molecule has 0 aliphatic heterocycles. The number of hydrogen-bond acceptors (Lipinski definition) is 2. The molecule has 184 valence electrons. The molecule has 2 amide bonds. The summed E-state index contributed by atoms with van der Waals surface area (Å²) in [5, 5.41) is 6.63. The fourth-order valence-electron chi connectivity index (χ4n) is 7.19. The highest BCUT2D eigenvalue weighted by Crippen LogP contribution is 2.46. The monoisotopic (exact) mass is 446 g/mol. The molecule has 0 bridgehead atoms. The molecule has 0 aromatic carbocycles. The van der Waals surface area contributed by atoms with E-state index in [0.717, 1.165) is 50.5 Å². The van der Waals surface area contributed by atoms with E-state index in [0.29, 0.717) is 12.8 Å². The Bertz CT molecular complexity index is 605. The van der Waals surface area contributed by atoms with Gasteiger partial charge in [0.05, 0.1) is 0 Å². The number of carbonyl (C=O) groups excluding carboxylic acids is 2. The summed E-state index contributed by atoms with van der Waals surface area (Å²) in [6.07, 6.45) is 19.9. The van der Waals surface area contributed by atoms with E-state index in [1.807, 2.05) is 0 Å². The minimum atomic E-state index is 0.0452. The molecule has 0 unspecified atom stereocenters. The summed E-state index contributed by atoms with van der Waals surface area (Å²) in [4.78, 5) is 25.2. The number of rotatable bonds is 9. The van der Waals surface area contributed by atoms with Crippen molar-refractivity contribution in [1.29, 1.82) is 0 Å². The first-order valence-electron chi connectivity index (χ1n) is 13.8. The van der Waals surface area contributed by atoms with Gasteiger partial charge in [-0.15, -0.1) is 0 Å². The van der Waals surface area contributed by atoms with Gasteiger partial charge in [0.2, 0.25) is 11.8 Å². The standard InChI is InChI=1S/C28H50N2O2/c1-27(2)18-24(30-26(32)17-15-23-12-8-5-9-13-23)19-28(3,20-27)21-29-25(31)16-14-22-10-6-4-7-11-22/h22-24H,4-21H2,1-3H3,(H,29,31)(H,30,32)/t24-,28-/m1/s1. The predicted molar refractivity (Wildman–Crippen MR) is 132 cm³/mol. The summed E-state index contributed by atoms with van der Waals surface area (Å²) in [5.41, 5.74) is 0.227. The average molecular weight is 447 g/mol. The molecular formula is C28H50N2O2. The molecule has 0 heterocycles. The quantitative estimate of drug-likeness (QED) is 0.423. The van der Waals surface area contributed by atoms with Crippen molar-refractivity contribution in [2.45, 2.75) is 136 Å². The van der Waals surface area contributed by atoms with Gasteiger partial charge in [-0.05, 0) is 54.8 Å². The number of carbonyl (C=O) groups is 2. The Morgan fingerprint density at radius 1 is 0.750 bits per heavy atom. The molecule has 3 aliphatic rings. The molecule has 0 radical (unpaired) electrons. The van der Waals surface area contributed by atoms with Crippen molar-refractivity contribution >= 4 is 11.8 Å². The summed E-state index contributed by atoms with van der Waals surface area (Å²) < 4.78 is 0. The smallest absolute Gasteiger partial charge is 0.220 e. The zero-order valence-corrected chi connectivity index (χ0v) is 21.3. The maximum absolute atomic E-state index is 12.7. The highest BCUT2D eigenvalue weighted by Gasteiger charge is 2.41. The molecule has 3 aliphatic carbocycles. The third kappa shape index (κ3) is 8.71. The van der Waals surface area contributed by atoms with Crippen molar-refractivity contribution in [1.82, 2.24) is 10.6 Å². The van der Waals surface area contributed by atoms with Crippen LogP contribution in [-0.2, 0) is 9.59 Å². The summed E-state index contributed by atoms with van der Waals surface area (Å²) in [6.45, 7) is 7.66. The minimum absolute atomic E-state index is 0.0452. The van der Waals surface area contributed by atoms with Gasteiger partial charge in [0.15, 0.2) is 0 Å². The largest absolute Gasteiger partial charge is 0.356 e. The van der Waals surface area contributed by atoms with E-state index in [1.165, 1.54) is 64.2 Å². The third-order valence-electron chi connectivity index (χ3n) is 8.53. The molecule has 0 spiro atoms. The molecule has 32 heavy (non-hydrogen) atoms. The van der Waals surface area contributed by atoms with Crippen LogP contribution in [0.3, 0.4) is 0 Å². The lowest BCUT2D eigenvalue weighted by atomic mass is 9.62. The van der Waals surface area contributed by atoms with Crippen LogP contribution in [0.5, 0.6) is 0 Å². The Balaban J connectivity index is 1.42. The van der Waals surface area contributed by atoms with Crippen molar-refractivity contribution in [2.24, 2.45) is 22.7 Å². The van der Waals surface area contributed by atoms with E-state index in [1.54, 1.807) is 0 Å². The Kier molecular flexibility index (Phi) is 9.49. The van der Waals surface area contributed by atoms with Crippen LogP contribution in [0.15, 0.2) is 0 Å². The van der Waals surface area contributed by atoms with E-state index in [-0.39, 0.29) is 28.7 Å². The van der Waals surface area contributed by atoms with E-state index in [2.05, 4.69) is 31.4 Å². The Morgan fingerprint density at radius 2 is 1.28 bits per heavy atom. The lowest BCUT2D eigenvalue weighted by Crippen LogP contribution is -2.50. The number of hydrogen-bond donors (Lipinski definition) is 2. The van der Waals surface area contributed by atoms with Crippen LogP contribution in [0.4, 0.5) is 0 Å². The summed E-state index contributed by atoms with van der Waals surface area (Å²) >= 11 is 0. The highest BCUT2D eigenvalue weighted by molar-refractivity contribution is 5.76. The first kappa shape index (κ1) is 25.6. The van der Waals surface area contributed by atoms with Gasteiger partial charge in [0.1, 0.15) is 0 Å². The second-order valence-corrected chi connectivity index (χ2v) is 12.7. The van der Waals surface area contributed by atoms with Gasteiger partial charge in [-0.1, -0.05) is 85.0 Å². The molecule has 2 atom stereocenters. The molecule has 0 aromatic rings. The van der Waals surface area contributed by atoms with Crippen LogP contribution in [-0.4, -0.2) is 24.4 Å². The molecule has 0 saturated heterocycles. The lowest BCUT2D eigenvalue weighted by molar-refractivity contribution is -0.124. The van der Waals surface area contributed by atoms with Crippen molar-refractivity contribution < 1.29 is 9.59 Å². The van der Waals surface area contributed by atoms with Crippen LogP contribution in [0, 0.1) is 22.7 Å². The maximum atomic E-state index is 12.7. The molecule has 2 N–H and O–H groups in total. The second-order valence-electron chi connectivity index (χ2n) is 12.7. The molecule has 3 saturated carbocycles. The molecule has 3 fully saturated rings. The molecule has 3 rings (SSSR count). The van der Waals surface area contributed by atoms with Gasteiger partial charge in [-0.3, -0.25) is 9.59 Å². The highest BCUT2D eigenvalue weighted by atomic mass is 16.2. The zero-order valence-electron chi connectivity index (χ0n) is 21.3. The average Bonchev–Trinajstić information content (AvgIpc) is 2.75. The first-order chi connectivity index (χ1) is 15.2. The normalized spacial score (nSPS) is 29.4. The van der Waals surface area contributed by atoms with Crippen LogP contribution >= 0.6 is 0 Å². The van der Waals surface area contributed by atoms with Crippen molar-refractivity contribution in [3.63, 3.8) is 0 Å². The van der Waals surface area contributed by atoms with Crippen LogP contribution < -0.4 is 10.6 Å². The minimum Gasteiger partial charge on any atom is -0.356 e. The predicted octanol–water partition coefficient (Wildman–Crippen LogP) is 6.52. The van der Waals surface area contributed by atoms with Gasteiger partial charge in [-0.25, -0.2) is 0 Å². The maximum Gasteiger partial charge on any atom is 0.220 e. The number of nitrogens with one attached hydrogen (secondary N) is 2. The van der Waals surface area contributed by atoms with Crippen LogP contribution in [0.1, 0.15) is 130 Å². The van der Waals surface area contributed by atoms with Crippen molar-refractivity contribution in [2.75, 3.05) is 6.54 Å². The van der Waals surface area contributed by atoms with Gasteiger partial charge in [0.25, 0.3) is 0 Å². The van der Waals surface area contributed by atoms with E-state index in [9.17, 15) is 9.59 Å². The Labute approximate surface area is 197 Å². The summed E-state index contributed by atoms with van der Waals surface area (Å²) in [6, 6.07) is 0.224. The van der Waals surface area contributed by atoms with Gasteiger partial charge in [0, 0.05) is 25.4 Å². The van der Waals surface area contributed by atoms with Crippen molar-refractivity contribution in [3.8, 4) is 0 Å². The number of amides is 2. The summed E-state index contributed by atoms with van der Waals surface area (Å²) in [5.74, 6) is 1.96. The van der Waals surface area contributed by atoms with Gasteiger partial charge >= 0.3 is 0 Å². The van der Waals surface area contributed by atoms with E-state index in [4.69, 9.17) is 0 Å². The Hall–Kier alpha value is -1.06. The summed E-state index contributed by atoms with van der Waals surface area (Å²) in [7, 11) is 0. The van der Waals surface area contributed by atoms with Crippen molar-refractivity contribution in [3.05, 3.63) is 0 Å². The fourth-order valence-corrected chi connectivity index (χ4v) is 7.19. The fraction of sp³-hybridized carbons (Fsp3) is 0.929. The van der Waals surface area contributed by atoms with E-state index < -0.39 is 0 Å².